The standard InChI is InChI=1S/C68H73N4O/c1-64(2,3)47-28-30-54-55-31-29-53(42-59(55)70(58(54)40-47)62-36-45(32-33-69-62)63-56(67(10,11)12)38-49(66(7,8)9)39-57(63)68(13,14)15)73-52-25-21-24-50(41-52)71-43-72(71,61-27-20-19-26-60(61)71)51-35-46(44-22-17-16-18-23-44)34-48(37-51)65(4,5)6/h16-43H,1-15H3/q+1/t71?,72-/m0/s1. The summed E-state index contributed by atoms with van der Waals surface area (Å²) in [5.41, 5.74) is 18.5. The Bertz CT molecular complexity index is 3620. The molecule has 2 atom stereocenters. The second kappa shape index (κ2) is 16.4. The summed E-state index contributed by atoms with van der Waals surface area (Å²) < 4.78 is 10.6. The van der Waals surface area contributed by atoms with Gasteiger partial charge in [0.05, 0.1) is 11.0 Å². The summed E-state index contributed by atoms with van der Waals surface area (Å²) in [5.74, 6) is 2.45. The molecule has 370 valence electrons. The van der Waals surface area contributed by atoms with E-state index in [0.717, 1.165) is 39.4 Å². The molecule has 0 spiro atoms. The van der Waals surface area contributed by atoms with E-state index in [-0.39, 0.29) is 27.1 Å². The molecular formula is C68H73N4O+. The van der Waals surface area contributed by atoms with Crippen molar-refractivity contribution in [3.63, 3.8) is 0 Å². The van der Waals surface area contributed by atoms with Crippen molar-refractivity contribution < 1.29 is 4.74 Å². The second-order valence-electron chi connectivity index (χ2n) is 26.1. The number of hydrogen-bond donors (Lipinski definition) is 0. The van der Waals surface area contributed by atoms with Gasteiger partial charge < -0.3 is 4.74 Å². The van der Waals surface area contributed by atoms with E-state index in [9.17, 15) is 0 Å². The van der Waals surface area contributed by atoms with Crippen LogP contribution in [0.4, 0.5) is 22.7 Å². The molecular weight excluding hydrogens is 889 g/mol. The van der Waals surface area contributed by atoms with Crippen LogP contribution in [0.15, 0.2) is 164 Å². The first-order valence-corrected chi connectivity index (χ1v) is 26.3. The lowest BCUT2D eigenvalue weighted by Crippen LogP contribution is -2.46. The van der Waals surface area contributed by atoms with Crippen molar-refractivity contribution in [3.05, 3.63) is 198 Å². The summed E-state index contributed by atoms with van der Waals surface area (Å²) in [4.78, 5) is 5.22. The SMILES string of the molecule is CC(C)(C)c1cc(-c2ccccc2)cc([N@+]23[CH-][N+]2(c2cccc(Oc4ccc5c6ccc(C(C)(C)C)cc6n(-c6cc(-c7c(C(C)(C)C)cc(C(C)(C)C)cc7C(C)(C)C)ccn6)c5c4)c2)c2ccccc23)c1. The first-order chi connectivity index (χ1) is 34.3. The molecule has 4 heterocycles. The highest BCUT2D eigenvalue weighted by atomic mass is 16.5. The Balaban J connectivity index is 1.03. The smallest absolute Gasteiger partial charge is 0.225 e. The van der Waals surface area contributed by atoms with Gasteiger partial charge in [0.1, 0.15) is 17.3 Å². The third-order valence-electron chi connectivity index (χ3n) is 15.6. The molecule has 2 aliphatic heterocycles. The summed E-state index contributed by atoms with van der Waals surface area (Å²) in [6.45, 7) is 37.3. The van der Waals surface area contributed by atoms with Gasteiger partial charge in [-0.25, -0.2) is 4.98 Å². The van der Waals surface area contributed by atoms with Crippen LogP contribution >= 0.6 is 0 Å². The molecule has 0 aliphatic carbocycles. The van der Waals surface area contributed by atoms with Crippen LogP contribution in [0.2, 0.25) is 0 Å². The maximum absolute atomic E-state index is 7.02. The minimum Gasteiger partial charge on any atom is -0.457 e. The monoisotopic (exact) mass is 962 g/mol. The van der Waals surface area contributed by atoms with Gasteiger partial charge in [0.2, 0.25) is 11.4 Å². The lowest BCUT2D eigenvalue weighted by Gasteiger charge is -2.40. The molecule has 2 aromatic heterocycles. The number of quaternary nitrogens is 2. The number of benzene rings is 7. The average molecular weight is 962 g/mol. The molecule has 11 rings (SSSR count). The van der Waals surface area contributed by atoms with E-state index >= 15 is 0 Å². The Kier molecular flexibility index (Phi) is 10.9. The number of ether oxygens (including phenoxy) is 1. The number of pyridine rings is 1. The molecule has 0 N–H and O–H groups in total. The van der Waals surface area contributed by atoms with Crippen LogP contribution in [0.3, 0.4) is 0 Å². The molecule has 73 heavy (non-hydrogen) atoms. The Hall–Kier alpha value is -6.79. The molecule has 0 saturated carbocycles. The van der Waals surface area contributed by atoms with Crippen LogP contribution in [-0.4, -0.2) is 9.55 Å². The first-order valence-electron chi connectivity index (χ1n) is 26.3. The van der Waals surface area contributed by atoms with Crippen molar-refractivity contribution in [2.24, 2.45) is 0 Å². The van der Waals surface area contributed by atoms with Crippen molar-refractivity contribution in [3.8, 4) is 39.6 Å². The highest BCUT2D eigenvalue weighted by Crippen LogP contribution is 2.75. The third kappa shape index (κ3) is 7.93. The van der Waals surface area contributed by atoms with E-state index in [0.29, 0.717) is 9.18 Å². The van der Waals surface area contributed by atoms with Gasteiger partial charge in [-0.1, -0.05) is 183 Å². The fourth-order valence-electron chi connectivity index (χ4n) is 11.4. The Morgan fingerprint density at radius 2 is 0.973 bits per heavy atom. The highest BCUT2D eigenvalue weighted by Gasteiger charge is 2.78. The predicted molar refractivity (Wildman–Crippen MR) is 310 cm³/mol. The largest absolute Gasteiger partial charge is 0.457 e. The van der Waals surface area contributed by atoms with Crippen molar-refractivity contribution in [1.29, 1.82) is 0 Å². The van der Waals surface area contributed by atoms with Crippen LogP contribution in [0.1, 0.15) is 132 Å². The lowest BCUT2D eigenvalue weighted by molar-refractivity contribution is 0.423. The zero-order valence-corrected chi connectivity index (χ0v) is 45.9. The van der Waals surface area contributed by atoms with E-state index in [2.05, 4.69) is 273 Å². The van der Waals surface area contributed by atoms with Gasteiger partial charge in [-0.3, -0.25) is 4.57 Å². The minimum absolute atomic E-state index is 0.00419. The zero-order valence-electron chi connectivity index (χ0n) is 45.9. The van der Waals surface area contributed by atoms with Gasteiger partial charge in [0.15, 0.2) is 18.0 Å². The fraction of sp³-hybridized carbons (Fsp3) is 0.294. The summed E-state index contributed by atoms with van der Waals surface area (Å²) in [6.07, 6.45) is 2.00. The molecule has 1 unspecified atom stereocenters. The molecule has 7 aromatic carbocycles. The lowest BCUT2D eigenvalue weighted by atomic mass is 9.71. The Morgan fingerprint density at radius 3 is 1.59 bits per heavy atom. The van der Waals surface area contributed by atoms with Gasteiger partial charge in [-0.15, -0.1) is 0 Å². The minimum atomic E-state index is -0.0974. The van der Waals surface area contributed by atoms with E-state index in [1.807, 2.05) is 6.20 Å². The maximum atomic E-state index is 7.02. The van der Waals surface area contributed by atoms with E-state index in [4.69, 9.17) is 9.72 Å². The summed E-state index contributed by atoms with van der Waals surface area (Å²) >= 11 is 0. The Morgan fingerprint density at radius 1 is 0.411 bits per heavy atom. The number of aromatic nitrogens is 2. The van der Waals surface area contributed by atoms with Crippen LogP contribution in [-0.2, 0) is 27.1 Å². The summed E-state index contributed by atoms with van der Waals surface area (Å²) in [6, 6.07) is 58.6. The number of para-hydroxylation sites is 2. The zero-order chi connectivity index (χ0) is 51.8. The maximum Gasteiger partial charge on any atom is 0.225 e. The summed E-state index contributed by atoms with van der Waals surface area (Å²) in [7, 11) is 0. The van der Waals surface area contributed by atoms with Gasteiger partial charge in [-0.2, -0.15) is 9.18 Å². The average Bonchev–Trinajstić information content (AvgIpc) is 3.83. The van der Waals surface area contributed by atoms with Crippen molar-refractivity contribution in [1.82, 2.24) is 18.7 Å². The number of hydrogen-bond acceptors (Lipinski definition) is 2. The Labute approximate surface area is 434 Å². The van der Waals surface area contributed by atoms with Crippen molar-refractivity contribution in [2.45, 2.75) is 131 Å². The number of nitrogens with zero attached hydrogens (tertiary/aromatic N) is 4. The van der Waals surface area contributed by atoms with Gasteiger partial charge >= 0.3 is 0 Å². The molecule has 1 fully saturated rings. The van der Waals surface area contributed by atoms with Crippen LogP contribution in [0.25, 0.3) is 49.9 Å². The van der Waals surface area contributed by atoms with Crippen molar-refractivity contribution >= 4 is 44.6 Å². The third-order valence-corrected chi connectivity index (χ3v) is 15.6. The van der Waals surface area contributed by atoms with Gasteiger partial charge in [-0.05, 0) is 114 Å². The van der Waals surface area contributed by atoms with E-state index in [1.165, 1.54) is 72.5 Å². The molecule has 5 nitrogen and oxygen atoms in total. The van der Waals surface area contributed by atoms with Gasteiger partial charge in [0.25, 0.3) is 0 Å². The molecule has 2 aliphatic rings. The predicted octanol–water partition coefficient (Wildman–Crippen LogP) is 19.1. The molecule has 1 saturated heterocycles. The van der Waals surface area contributed by atoms with E-state index < -0.39 is 0 Å². The fourth-order valence-corrected chi connectivity index (χ4v) is 11.4. The highest BCUT2D eigenvalue weighted by molar-refractivity contribution is 6.10. The first kappa shape index (κ1) is 48.5. The van der Waals surface area contributed by atoms with Crippen LogP contribution in [0.5, 0.6) is 11.5 Å². The van der Waals surface area contributed by atoms with Crippen LogP contribution in [0, 0.1) is 6.67 Å². The molecule has 9 aromatic rings. The summed E-state index contributed by atoms with van der Waals surface area (Å²) in [5, 5.41) is 2.35. The quantitative estimate of drug-likeness (QED) is 0.0904. The van der Waals surface area contributed by atoms with Crippen molar-refractivity contribution in [2.75, 3.05) is 0 Å². The molecule has 0 amide bonds. The van der Waals surface area contributed by atoms with Crippen LogP contribution < -0.4 is 13.9 Å². The normalized spacial score (nSPS) is 17.8. The van der Waals surface area contributed by atoms with Gasteiger partial charge in [0, 0.05) is 59.4 Å². The molecule has 0 radical (unpaired) electrons. The van der Waals surface area contributed by atoms with E-state index in [1.54, 1.807) is 0 Å². The molecule has 0 bridgehead atoms. The topological polar surface area (TPSA) is 27.1 Å². The number of rotatable bonds is 7. The number of fused-ring (bicyclic) bond motifs is 7. The molecule has 5 heteroatoms. The second-order valence-corrected chi connectivity index (χ2v) is 26.1.